The Morgan fingerprint density at radius 3 is 2.59 bits per heavy atom. The lowest BCUT2D eigenvalue weighted by Gasteiger charge is -2.18. The van der Waals surface area contributed by atoms with Crippen molar-refractivity contribution in [3.63, 3.8) is 0 Å². The number of imidazole rings is 1. The molecule has 0 unspecified atom stereocenters. The van der Waals surface area contributed by atoms with Gasteiger partial charge in [-0.05, 0) is 0 Å². The minimum absolute atomic E-state index is 0.00336. The number of halogens is 2. The number of aromatic nitrogens is 2. The highest BCUT2D eigenvalue weighted by Crippen LogP contribution is 2.37. The number of rotatable bonds is 8. The predicted molar refractivity (Wildman–Crippen MR) is 100 cm³/mol. The van der Waals surface area contributed by atoms with Gasteiger partial charge in [-0.2, -0.15) is 0 Å². The fraction of sp³-hybridized carbons (Fsp3) is 0.588. The number of ether oxygens (including phenoxy) is 3. The van der Waals surface area contributed by atoms with Crippen molar-refractivity contribution < 1.29 is 33.0 Å². The smallest absolute Gasteiger partial charge is 0.303 e. The number of carbonyl (C=O) groups is 3. The molecule has 0 amide bonds. The van der Waals surface area contributed by atoms with Crippen molar-refractivity contribution in [1.29, 1.82) is 0 Å². The topological polar surface area (TPSA) is 123 Å². The minimum Gasteiger partial charge on any atom is -0.463 e. The Labute approximate surface area is 171 Å². The van der Waals surface area contributed by atoms with E-state index in [4.69, 9.17) is 25.8 Å². The molecule has 1 saturated heterocycles. The number of carbonyl (C=O) groups excluding carboxylic acids is 3. The molecule has 0 radical (unpaired) electrons. The largest absolute Gasteiger partial charge is 0.463 e. The molecular weight excluding hydrogens is 411 g/mol. The van der Waals surface area contributed by atoms with Crippen molar-refractivity contribution in [1.82, 2.24) is 14.9 Å². The Bertz CT molecular complexity index is 799. The van der Waals surface area contributed by atoms with Gasteiger partial charge in [-0.25, -0.2) is 14.4 Å². The molecule has 0 saturated carbocycles. The summed E-state index contributed by atoms with van der Waals surface area (Å²) in [7, 11) is 3.45. The summed E-state index contributed by atoms with van der Waals surface area (Å²) in [5, 5.41) is 0. The Morgan fingerprint density at radius 2 is 2.03 bits per heavy atom. The maximum absolute atomic E-state index is 15.1. The first-order valence-electron chi connectivity index (χ1n) is 8.63. The molecule has 10 nitrogen and oxygen atoms in total. The van der Waals surface area contributed by atoms with Crippen LogP contribution in [-0.2, 0) is 23.8 Å². The number of aromatic amines is 1. The summed E-state index contributed by atoms with van der Waals surface area (Å²) in [6.45, 7) is 2.00. The van der Waals surface area contributed by atoms with Crippen molar-refractivity contribution in [3.05, 3.63) is 11.5 Å². The summed E-state index contributed by atoms with van der Waals surface area (Å²) in [4.78, 5) is 47.1. The van der Waals surface area contributed by atoms with Gasteiger partial charge in [0.1, 0.15) is 24.2 Å². The van der Waals surface area contributed by atoms with E-state index in [1.54, 1.807) is 19.0 Å². The average molecular weight is 433 g/mol. The van der Waals surface area contributed by atoms with E-state index in [1.807, 2.05) is 0 Å². The van der Waals surface area contributed by atoms with Crippen LogP contribution in [0.25, 0.3) is 0 Å². The maximum Gasteiger partial charge on any atom is 0.303 e. The normalized spacial score (nSPS) is 23.9. The van der Waals surface area contributed by atoms with Crippen LogP contribution in [0.2, 0.25) is 0 Å². The third kappa shape index (κ3) is 5.73. The van der Waals surface area contributed by atoms with E-state index in [0.717, 1.165) is 6.92 Å². The molecule has 0 bridgehead atoms. The zero-order valence-electron chi connectivity index (χ0n) is 16.3. The first-order chi connectivity index (χ1) is 13.6. The quantitative estimate of drug-likeness (QED) is 0.214. The molecule has 0 aliphatic carbocycles. The number of esters is 2. The van der Waals surface area contributed by atoms with Crippen molar-refractivity contribution >= 4 is 41.5 Å². The van der Waals surface area contributed by atoms with Crippen LogP contribution in [0.1, 0.15) is 36.3 Å². The third-order valence-corrected chi connectivity index (χ3v) is 4.07. The zero-order valence-corrected chi connectivity index (χ0v) is 17.1. The van der Waals surface area contributed by atoms with Crippen LogP contribution >= 0.6 is 11.6 Å². The Hall–Kier alpha value is -2.53. The molecule has 2 rings (SSSR count). The van der Waals surface area contributed by atoms with E-state index in [9.17, 15) is 14.4 Å². The summed E-state index contributed by atoms with van der Waals surface area (Å²) in [6.07, 6.45) is -4.07. The molecular formula is C17H22ClFN4O6. The van der Waals surface area contributed by atoms with Crippen molar-refractivity contribution in [3.8, 4) is 0 Å². The SMILES string of the molecule is CC(=O)OC[C@H]1O[C@@H](c2nc(N=CN(C)C)c(C(=O)CCl)[nH]2)[C@@H](F)[C@@H]1OC(C)=O. The number of hydrogen-bond acceptors (Lipinski definition) is 8. The second kappa shape index (κ2) is 9.79. The van der Waals surface area contributed by atoms with Crippen molar-refractivity contribution in [2.24, 2.45) is 4.99 Å². The molecule has 1 aliphatic rings. The lowest BCUT2D eigenvalue weighted by atomic mass is 10.1. The highest BCUT2D eigenvalue weighted by Gasteiger charge is 2.50. The highest BCUT2D eigenvalue weighted by molar-refractivity contribution is 6.30. The van der Waals surface area contributed by atoms with E-state index in [2.05, 4.69) is 15.0 Å². The molecule has 1 N–H and O–H groups in total. The molecule has 0 aromatic carbocycles. The summed E-state index contributed by atoms with van der Waals surface area (Å²) in [6, 6.07) is 0. The van der Waals surface area contributed by atoms with Gasteiger partial charge >= 0.3 is 11.9 Å². The highest BCUT2D eigenvalue weighted by atomic mass is 35.5. The van der Waals surface area contributed by atoms with Crippen molar-refractivity contribution in [2.75, 3.05) is 26.6 Å². The maximum atomic E-state index is 15.1. The molecule has 1 aromatic rings. The van der Waals surface area contributed by atoms with E-state index >= 15 is 4.39 Å². The fourth-order valence-electron chi connectivity index (χ4n) is 2.64. The molecule has 1 fully saturated rings. The van der Waals surface area contributed by atoms with Gasteiger partial charge in [-0.3, -0.25) is 14.4 Å². The van der Waals surface area contributed by atoms with Gasteiger partial charge in [0.25, 0.3) is 0 Å². The lowest BCUT2D eigenvalue weighted by molar-refractivity contribution is -0.156. The van der Waals surface area contributed by atoms with E-state index in [1.165, 1.54) is 13.3 Å². The Morgan fingerprint density at radius 1 is 1.34 bits per heavy atom. The average Bonchev–Trinajstić information content (AvgIpc) is 3.19. The van der Waals surface area contributed by atoms with Gasteiger partial charge in [0.05, 0.1) is 12.2 Å². The number of H-pyrrole nitrogens is 1. The van der Waals surface area contributed by atoms with E-state index in [0.29, 0.717) is 0 Å². The third-order valence-electron chi connectivity index (χ3n) is 3.83. The van der Waals surface area contributed by atoms with Crippen LogP contribution in [0.15, 0.2) is 4.99 Å². The second-order valence-corrected chi connectivity index (χ2v) is 6.77. The number of ketones is 1. The summed E-state index contributed by atoms with van der Waals surface area (Å²) in [5.41, 5.74) is -0.00336. The Kier molecular flexibility index (Phi) is 7.68. The predicted octanol–water partition coefficient (Wildman–Crippen LogP) is 1.33. The number of aliphatic imine (C=N–C) groups is 1. The zero-order chi connectivity index (χ0) is 21.7. The van der Waals surface area contributed by atoms with Crippen LogP contribution in [0, 0.1) is 0 Å². The number of nitrogens with one attached hydrogen (secondary N) is 1. The van der Waals surface area contributed by atoms with Gasteiger partial charge in [0, 0.05) is 27.9 Å². The molecule has 12 heteroatoms. The van der Waals surface area contributed by atoms with Crippen LogP contribution in [0.3, 0.4) is 0 Å². The summed E-state index contributed by atoms with van der Waals surface area (Å²) < 4.78 is 30.5. The molecule has 4 atom stereocenters. The minimum atomic E-state index is -1.82. The second-order valence-electron chi connectivity index (χ2n) is 6.50. The first kappa shape index (κ1) is 22.8. The van der Waals surface area contributed by atoms with E-state index in [-0.39, 0.29) is 29.8 Å². The van der Waals surface area contributed by atoms with Crippen LogP contribution < -0.4 is 0 Å². The number of hydrogen-bond donors (Lipinski definition) is 1. The number of nitrogens with zero attached hydrogens (tertiary/aromatic N) is 3. The van der Waals surface area contributed by atoms with Gasteiger partial charge in [-0.15, -0.1) is 11.6 Å². The van der Waals surface area contributed by atoms with Gasteiger partial charge in [-0.1, -0.05) is 0 Å². The molecule has 29 heavy (non-hydrogen) atoms. The summed E-state index contributed by atoms with van der Waals surface area (Å²) >= 11 is 5.62. The summed E-state index contributed by atoms with van der Waals surface area (Å²) in [5.74, 6) is -2.15. The molecule has 2 heterocycles. The fourth-order valence-corrected chi connectivity index (χ4v) is 2.77. The molecule has 160 valence electrons. The number of alkyl halides is 2. The molecule has 1 aliphatic heterocycles. The molecule has 1 aromatic heterocycles. The van der Waals surface area contributed by atoms with Gasteiger partial charge < -0.3 is 24.1 Å². The van der Waals surface area contributed by atoms with Crippen LogP contribution in [0.4, 0.5) is 10.2 Å². The van der Waals surface area contributed by atoms with Crippen LogP contribution in [0.5, 0.6) is 0 Å². The van der Waals surface area contributed by atoms with Crippen LogP contribution in [-0.4, -0.2) is 83.9 Å². The first-order valence-corrected chi connectivity index (χ1v) is 9.17. The Balaban J connectivity index is 2.35. The van der Waals surface area contributed by atoms with Crippen molar-refractivity contribution in [2.45, 2.75) is 38.3 Å². The standard InChI is InChI=1S/C17H22ClFN4O6/c1-8(24)27-6-11-14(28-9(2)25)12(19)15(29-11)17-21-13(10(26)5-18)16(22-17)20-7-23(3)4/h7,11-12,14-15H,5-6H2,1-4H3,(H,21,22)/t11-,12+,14-,15-/m1/s1. The van der Waals surface area contributed by atoms with Gasteiger partial charge in [0.15, 0.2) is 30.0 Å². The van der Waals surface area contributed by atoms with E-state index < -0.39 is 42.2 Å². The monoisotopic (exact) mass is 432 g/mol. The lowest BCUT2D eigenvalue weighted by Crippen LogP contribution is -2.36. The molecule has 0 spiro atoms. The van der Waals surface area contributed by atoms with Gasteiger partial charge in [0.2, 0.25) is 0 Å². The number of Topliss-reactive ketones (excluding diaryl/α,β-unsaturated/α-hetero) is 1.